The van der Waals surface area contributed by atoms with Gasteiger partial charge >= 0.3 is 0 Å². The minimum Gasteiger partial charge on any atom is -0.500 e. The summed E-state index contributed by atoms with van der Waals surface area (Å²) in [5.74, 6) is 0.775. The lowest BCUT2D eigenvalue weighted by Gasteiger charge is -2.10. The van der Waals surface area contributed by atoms with E-state index >= 15 is 0 Å². The Morgan fingerprint density at radius 1 is 1.73 bits per heavy atom. The molecule has 0 aromatic carbocycles. The fourth-order valence-electron chi connectivity index (χ4n) is 1.05. The van der Waals surface area contributed by atoms with E-state index < -0.39 is 5.44 Å². The summed E-state index contributed by atoms with van der Waals surface area (Å²) in [4.78, 5) is 0. The summed E-state index contributed by atoms with van der Waals surface area (Å²) in [7, 11) is 1.58. The Hall–Kier alpha value is -0.190. The molecule has 0 aromatic heterocycles. The Labute approximate surface area is 70.1 Å². The highest BCUT2D eigenvalue weighted by Crippen LogP contribution is 2.33. The van der Waals surface area contributed by atoms with E-state index in [1.807, 2.05) is 0 Å². The van der Waals surface area contributed by atoms with Crippen LogP contribution in [0.25, 0.3) is 0 Å². The maximum absolute atomic E-state index is 9.15. The molecule has 64 valence electrons. The second-order valence-corrected chi connectivity index (χ2v) is 3.62. The normalized spacial score (nSPS) is 30.3. The van der Waals surface area contributed by atoms with E-state index in [4.69, 9.17) is 14.9 Å². The van der Waals surface area contributed by atoms with Gasteiger partial charge in [-0.3, -0.25) is 0 Å². The van der Waals surface area contributed by atoms with Crippen LogP contribution in [0.4, 0.5) is 0 Å². The quantitative estimate of drug-likeness (QED) is 0.650. The summed E-state index contributed by atoms with van der Waals surface area (Å²) in [6, 6.07) is 0. The van der Waals surface area contributed by atoms with Gasteiger partial charge < -0.3 is 14.9 Å². The number of hydrogen-bond donors (Lipinski definition) is 2. The molecule has 11 heavy (non-hydrogen) atoms. The number of methoxy groups -OCH3 is 1. The van der Waals surface area contributed by atoms with Crippen LogP contribution in [-0.2, 0) is 4.74 Å². The molecular formula is C7H12O3S. The number of ether oxygens (including phenoxy) is 1. The zero-order valence-corrected chi connectivity index (χ0v) is 7.17. The summed E-state index contributed by atoms with van der Waals surface area (Å²) in [6.45, 7) is 0.130. The fraction of sp³-hybridized carbons (Fsp3) is 0.714. The highest BCUT2D eigenvalue weighted by Gasteiger charge is 2.25. The van der Waals surface area contributed by atoms with E-state index in [9.17, 15) is 0 Å². The van der Waals surface area contributed by atoms with Crippen LogP contribution in [0.15, 0.2) is 11.8 Å². The average molecular weight is 176 g/mol. The van der Waals surface area contributed by atoms with Crippen molar-refractivity contribution in [1.82, 2.24) is 0 Å². The van der Waals surface area contributed by atoms with Gasteiger partial charge in [-0.05, 0) is 12.5 Å². The van der Waals surface area contributed by atoms with Crippen molar-refractivity contribution in [3.8, 4) is 0 Å². The Bertz CT molecular complexity index is 158. The second kappa shape index (κ2) is 3.99. The van der Waals surface area contributed by atoms with Gasteiger partial charge in [0.15, 0.2) is 0 Å². The standard InChI is InChI=1S/C7H12O3S/c1-10-5-4-7(9)11-6(5)2-3-8/h4,6-9H,2-3H2,1H3. The molecule has 2 N–H and O–H groups in total. The van der Waals surface area contributed by atoms with Crippen molar-refractivity contribution in [1.29, 1.82) is 0 Å². The zero-order chi connectivity index (χ0) is 8.27. The molecule has 0 amide bonds. The highest BCUT2D eigenvalue weighted by molar-refractivity contribution is 8.00. The molecule has 0 spiro atoms. The van der Waals surface area contributed by atoms with Crippen molar-refractivity contribution in [3.05, 3.63) is 11.8 Å². The molecule has 1 rings (SSSR count). The fourth-order valence-corrected chi connectivity index (χ4v) is 2.15. The summed E-state index contributed by atoms with van der Waals surface area (Å²) in [5, 5.41) is 17.9. The lowest BCUT2D eigenvalue weighted by Crippen LogP contribution is -2.07. The van der Waals surface area contributed by atoms with Crippen LogP contribution in [0.3, 0.4) is 0 Å². The molecule has 4 heteroatoms. The predicted molar refractivity (Wildman–Crippen MR) is 44.2 cm³/mol. The van der Waals surface area contributed by atoms with E-state index in [1.165, 1.54) is 11.8 Å². The van der Waals surface area contributed by atoms with Gasteiger partial charge in [-0.15, -0.1) is 11.8 Å². The Kier molecular flexibility index (Phi) is 3.23. The minimum atomic E-state index is -0.471. The third-order valence-corrected chi connectivity index (χ3v) is 2.77. The zero-order valence-electron chi connectivity index (χ0n) is 6.36. The lowest BCUT2D eigenvalue weighted by atomic mass is 10.2. The number of aliphatic hydroxyl groups excluding tert-OH is 2. The van der Waals surface area contributed by atoms with Crippen LogP contribution in [0, 0.1) is 0 Å². The third-order valence-electron chi connectivity index (χ3n) is 1.55. The number of hydrogen-bond acceptors (Lipinski definition) is 4. The van der Waals surface area contributed by atoms with E-state index in [-0.39, 0.29) is 11.9 Å². The molecule has 0 saturated heterocycles. The van der Waals surface area contributed by atoms with Crippen molar-refractivity contribution in [2.45, 2.75) is 17.1 Å². The van der Waals surface area contributed by atoms with Gasteiger partial charge in [0.25, 0.3) is 0 Å². The van der Waals surface area contributed by atoms with Gasteiger partial charge in [0.1, 0.15) is 11.2 Å². The first-order valence-electron chi connectivity index (χ1n) is 3.48. The number of aliphatic hydroxyl groups is 2. The molecule has 1 aliphatic heterocycles. The first-order chi connectivity index (χ1) is 5.27. The summed E-state index contributed by atoms with van der Waals surface area (Å²) >= 11 is 1.40. The van der Waals surface area contributed by atoms with Gasteiger partial charge in [0.2, 0.25) is 0 Å². The van der Waals surface area contributed by atoms with Crippen LogP contribution >= 0.6 is 11.8 Å². The topological polar surface area (TPSA) is 49.7 Å². The van der Waals surface area contributed by atoms with E-state index in [2.05, 4.69) is 0 Å². The molecule has 0 saturated carbocycles. The van der Waals surface area contributed by atoms with E-state index in [1.54, 1.807) is 13.2 Å². The largest absolute Gasteiger partial charge is 0.500 e. The Balaban J connectivity index is 2.49. The first kappa shape index (κ1) is 8.90. The molecule has 3 nitrogen and oxygen atoms in total. The maximum Gasteiger partial charge on any atom is 0.122 e. The van der Waals surface area contributed by atoms with Crippen LogP contribution in [0.5, 0.6) is 0 Å². The first-order valence-corrected chi connectivity index (χ1v) is 4.42. The molecule has 0 fully saturated rings. The van der Waals surface area contributed by atoms with Crippen molar-refractivity contribution < 1.29 is 14.9 Å². The van der Waals surface area contributed by atoms with Gasteiger partial charge in [-0.1, -0.05) is 0 Å². The van der Waals surface area contributed by atoms with Gasteiger partial charge in [-0.25, -0.2) is 0 Å². The predicted octanol–water partition coefficient (Wildman–Crippen LogP) is 0.333. The van der Waals surface area contributed by atoms with Crippen LogP contribution in [0.2, 0.25) is 0 Å². The third kappa shape index (κ3) is 2.12. The molecule has 0 bridgehead atoms. The minimum absolute atomic E-state index is 0.125. The molecule has 0 radical (unpaired) electrons. The monoisotopic (exact) mass is 176 g/mol. The van der Waals surface area contributed by atoms with Gasteiger partial charge in [-0.2, -0.15) is 0 Å². The molecule has 0 aromatic rings. The van der Waals surface area contributed by atoms with Gasteiger partial charge in [0.05, 0.1) is 12.4 Å². The van der Waals surface area contributed by atoms with Crippen molar-refractivity contribution >= 4 is 11.8 Å². The highest BCUT2D eigenvalue weighted by atomic mass is 32.2. The molecule has 1 aliphatic rings. The summed E-state index contributed by atoms with van der Waals surface area (Å²) in [5.41, 5.74) is -0.471. The van der Waals surface area contributed by atoms with E-state index in [0.29, 0.717) is 6.42 Å². The van der Waals surface area contributed by atoms with Gasteiger partial charge in [0, 0.05) is 6.61 Å². The van der Waals surface area contributed by atoms with Crippen molar-refractivity contribution in [2.75, 3.05) is 13.7 Å². The Morgan fingerprint density at radius 2 is 2.45 bits per heavy atom. The van der Waals surface area contributed by atoms with Crippen molar-refractivity contribution in [3.63, 3.8) is 0 Å². The second-order valence-electron chi connectivity index (χ2n) is 2.30. The molecule has 2 atom stereocenters. The van der Waals surface area contributed by atoms with Crippen LogP contribution in [0.1, 0.15) is 6.42 Å². The maximum atomic E-state index is 9.15. The number of thioether (sulfide) groups is 1. The molecule has 0 aliphatic carbocycles. The SMILES string of the molecule is COC1=CC(O)SC1CCO. The Morgan fingerprint density at radius 3 is 3.00 bits per heavy atom. The molecular weight excluding hydrogens is 164 g/mol. The smallest absolute Gasteiger partial charge is 0.122 e. The lowest BCUT2D eigenvalue weighted by molar-refractivity contribution is 0.249. The average Bonchev–Trinajstić information content (AvgIpc) is 2.32. The molecule has 1 heterocycles. The van der Waals surface area contributed by atoms with Crippen LogP contribution in [-0.4, -0.2) is 34.6 Å². The molecule has 2 unspecified atom stereocenters. The summed E-state index contributed by atoms with van der Waals surface area (Å²) < 4.78 is 5.02. The van der Waals surface area contributed by atoms with Crippen LogP contribution < -0.4 is 0 Å². The number of rotatable bonds is 3. The van der Waals surface area contributed by atoms with E-state index in [0.717, 1.165) is 5.76 Å². The summed E-state index contributed by atoms with van der Waals surface area (Å²) in [6.07, 6.45) is 2.31. The van der Waals surface area contributed by atoms with Crippen molar-refractivity contribution in [2.24, 2.45) is 0 Å².